The van der Waals surface area contributed by atoms with Crippen molar-refractivity contribution in [3.63, 3.8) is 0 Å². The molecule has 1 N–H and O–H groups in total. The van der Waals surface area contributed by atoms with Crippen LogP contribution in [0.1, 0.15) is 166 Å². The Morgan fingerprint density at radius 2 is 1.01 bits per heavy atom. The highest BCUT2D eigenvalue weighted by Crippen LogP contribution is 2.50. The fourth-order valence-corrected chi connectivity index (χ4v) is 30.2. The molecule has 0 spiro atoms. The van der Waals surface area contributed by atoms with Crippen LogP contribution in [0.5, 0.6) is 0 Å². The highest BCUT2D eigenvalue weighted by Gasteiger charge is 2.55. The van der Waals surface area contributed by atoms with E-state index < -0.39 is 49.2 Å². The van der Waals surface area contributed by atoms with Crippen LogP contribution in [-0.2, 0) is 38.9 Å². The van der Waals surface area contributed by atoms with Crippen LogP contribution in [0.25, 0.3) is 11.1 Å². The van der Waals surface area contributed by atoms with Crippen LogP contribution in [0.15, 0.2) is 90.7 Å². The maximum absolute atomic E-state index is 14.1. The van der Waals surface area contributed by atoms with Crippen molar-refractivity contribution in [2.24, 2.45) is 0 Å². The molecule has 0 saturated carbocycles. The van der Waals surface area contributed by atoms with Gasteiger partial charge in [-0.05, 0) is 96.6 Å². The first-order valence-electron chi connectivity index (χ1n) is 27.6. The topological polar surface area (TPSA) is 102 Å². The molecule has 3 aromatic carbocycles. The molecule has 72 heavy (non-hydrogen) atoms. The Balaban J connectivity index is 1.50. The Labute approximate surface area is 439 Å². The van der Waals surface area contributed by atoms with Gasteiger partial charge in [-0.15, -0.1) is 0 Å². The van der Waals surface area contributed by atoms with E-state index in [9.17, 15) is 9.59 Å². The lowest BCUT2D eigenvalue weighted by Gasteiger charge is -2.52. The monoisotopic (exact) mass is 1040 g/mol. The van der Waals surface area contributed by atoms with Gasteiger partial charge in [0.2, 0.25) is 25.0 Å². The summed E-state index contributed by atoms with van der Waals surface area (Å²) in [6, 6.07) is 25.2. The number of carbonyl (C=O) groups is 2. The number of allylic oxidation sites excluding steroid dienone is 1. The average molecular weight is 1040 g/mol. The smallest absolute Gasteiger partial charge is 0.407 e. The molecule has 0 radical (unpaired) electrons. The van der Waals surface area contributed by atoms with Gasteiger partial charge in [-0.25, -0.2) is 9.59 Å². The van der Waals surface area contributed by atoms with Gasteiger partial charge in [0.05, 0.1) is 18.5 Å². The molecular formula is C60H95NO8Si3. The number of ether oxygens (including phenoxy) is 3. The molecule has 9 nitrogen and oxygen atoms in total. The van der Waals surface area contributed by atoms with Crippen molar-refractivity contribution in [1.82, 2.24) is 5.32 Å². The largest absolute Gasteiger partial charge is 0.490 e. The summed E-state index contributed by atoms with van der Waals surface area (Å²) >= 11 is 0. The van der Waals surface area contributed by atoms with Gasteiger partial charge in [0.25, 0.3) is 0 Å². The lowest BCUT2D eigenvalue weighted by molar-refractivity contribution is -0.147. The number of carbonyl (C=O) groups excluding carboxylic acids is 2. The van der Waals surface area contributed by atoms with E-state index in [1.165, 1.54) is 0 Å². The normalized spacial score (nSPS) is 18.2. The van der Waals surface area contributed by atoms with Crippen LogP contribution < -0.4 is 5.32 Å². The van der Waals surface area contributed by atoms with E-state index in [1.807, 2.05) is 54.6 Å². The summed E-state index contributed by atoms with van der Waals surface area (Å²) in [6.45, 7) is 42.8. The Bertz CT molecular complexity index is 2110. The number of fused-ring (bicyclic) bond motifs is 3. The van der Waals surface area contributed by atoms with Crippen molar-refractivity contribution in [1.29, 1.82) is 0 Å². The molecule has 3 aromatic rings. The van der Waals surface area contributed by atoms with E-state index in [0.717, 1.165) is 33.6 Å². The van der Waals surface area contributed by atoms with Crippen LogP contribution in [0.4, 0.5) is 4.79 Å². The first kappa shape index (κ1) is 59.3. The molecule has 1 aliphatic heterocycles. The predicted octanol–water partition coefficient (Wildman–Crippen LogP) is 16.4. The zero-order valence-electron chi connectivity index (χ0n) is 47.7. The Morgan fingerprint density at radius 1 is 0.556 bits per heavy atom. The standard InChI is InChI=1S/C60H95NO8Si3/c1-39(2)70(40(3)4,41(5)6)66-38-57-58(69-72(45(13)14,46(15)16)47(17)18)56(68-71(42(7)8,43(9)10)44(11)12)35-49(67-57)29-26-34-55(59(62)64-36-48-27-20-19-21-28-48)61-60(63)65-37-54-52-32-24-22-30-50(52)51-31-23-25-33-53(51)54/h19-25,27-28,30-33,35,39-47,54-58H,26,29,34,36-38H2,1-18H3,(H,61,63)/t55-,56+,57+,58-/m0/s1. The minimum Gasteiger partial charge on any atom is -0.490 e. The number of nitrogens with one attached hydrogen (secondary N) is 1. The van der Waals surface area contributed by atoms with E-state index in [4.69, 9.17) is 27.5 Å². The quantitative estimate of drug-likeness (QED) is 0.0627. The number of rotatable bonds is 26. The van der Waals surface area contributed by atoms with E-state index >= 15 is 0 Å². The third kappa shape index (κ3) is 12.9. The van der Waals surface area contributed by atoms with E-state index in [1.54, 1.807) is 0 Å². The van der Waals surface area contributed by atoms with Crippen LogP contribution in [-0.4, -0.2) is 74.6 Å². The van der Waals surface area contributed by atoms with E-state index in [0.29, 0.717) is 75.7 Å². The third-order valence-corrected chi connectivity index (χ3v) is 35.0. The molecule has 1 amide bonds. The molecule has 0 bridgehead atoms. The number of alkyl carbamates (subject to hydrolysis) is 1. The Morgan fingerprint density at radius 3 is 1.50 bits per heavy atom. The summed E-state index contributed by atoms with van der Waals surface area (Å²) in [7, 11) is -7.31. The van der Waals surface area contributed by atoms with Crippen molar-refractivity contribution in [2.45, 2.75) is 231 Å². The fraction of sp³-hybridized carbons (Fsp3) is 0.633. The first-order valence-corrected chi connectivity index (χ1v) is 34.1. The number of hydrogen-bond donors (Lipinski definition) is 1. The molecule has 0 fully saturated rings. The zero-order valence-corrected chi connectivity index (χ0v) is 50.7. The molecule has 4 atom stereocenters. The molecule has 1 aliphatic carbocycles. The second-order valence-electron chi connectivity index (χ2n) is 23.7. The second kappa shape index (κ2) is 25.8. The molecule has 0 aromatic heterocycles. The molecule has 2 aliphatic rings. The number of amides is 1. The summed E-state index contributed by atoms with van der Waals surface area (Å²) < 4.78 is 42.5. The van der Waals surface area contributed by atoms with E-state index in [-0.39, 0.29) is 31.3 Å². The van der Waals surface area contributed by atoms with E-state index in [2.05, 4.69) is 160 Å². The molecule has 400 valence electrons. The average Bonchev–Trinajstić information content (AvgIpc) is 3.63. The number of esters is 1. The summed E-state index contributed by atoms with van der Waals surface area (Å²) in [5.74, 6) is 0.180. The van der Waals surface area contributed by atoms with Crippen molar-refractivity contribution in [2.75, 3.05) is 13.2 Å². The van der Waals surface area contributed by atoms with Gasteiger partial charge in [-0.1, -0.05) is 203 Å². The minimum absolute atomic E-state index is 0.0912. The molecular weight excluding hydrogens is 947 g/mol. The maximum atomic E-state index is 14.1. The SMILES string of the molecule is CC(C)[Si](OC[C@H]1OC(CCC[C@H](NC(=O)OCC2c3ccccc3-c3ccccc32)C(=O)OCc2ccccc2)=C[C@@H](O[Si](C(C)C)(C(C)C)C(C)C)[C@@H]1O[Si](C(C)C)(C(C)C)C(C)C)(C(C)C)C(C)C. The highest BCUT2D eigenvalue weighted by atomic mass is 28.4. The number of benzene rings is 3. The zero-order chi connectivity index (χ0) is 53.3. The first-order chi connectivity index (χ1) is 33.9. The summed E-state index contributed by atoms with van der Waals surface area (Å²) in [5, 5.41) is 2.94. The van der Waals surface area contributed by atoms with Crippen molar-refractivity contribution in [3.05, 3.63) is 107 Å². The highest BCUT2D eigenvalue weighted by molar-refractivity contribution is 6.78. The van der Waals surface area contributed by atoms with Gasteiger partial charge in [0.15, 0.2) is 0 Å². The lowest BCUT2D eigenvalue weighted by Crippen LogP contribution is -2.61. The number of hydrogen-bond acceptors (Lipinski definition) is 8. The van der Waals surface area contributed by atoms with Gasteiger partial charge in [-0.2, -0.15) is 0 Å². The van der Waals surface area contributed by atoms with Gasteiger partial charge < -0.3 is 32.8 Å². The lowest BCUT2D eigenvalue weighted by atomic mass is 9.98. The maximum Gasteiger partial charge on any atom is 0.407 e. The molecule has 12 heteroatoms. The summed E-state index contributed by atoms with van der Waals surface area (Å²) in [5.41, 5.74) is 8.69. The second-order valence-corrected chi connectivity index (χ2v) is 40.0. The van der Waals surface area contributed by atoms with Crippen LogP contribution in [0.3, 0.4) is 0 Å². The van der Waals surface area contributed by atoms with Crippen molar-refractivity contribution >= 4 is 37.0 Å². The van der Waals surface area contributed by atoms with Crippen molar-refractivity contribution < 1.29 is 37.1 Å². The Hall–Kier alpha value is -3.53. The van der Waals surface area contributed by atoms with Crippen LogP contribution in [0.2, 0.25) is 49.9 Å². The van der Waals surface area contributed by atoms with Gasteiger partial charge >= 0.3 is 12.1 Å². The summed E-state index contributed by atoms with van der Waals surface area (Å²) in [6.07, 6.45) is 1.73. The molecule has 5 rings (SSSR count). The Kier molecular flexibility index (Phi) is 21.3. The van der Waals surface area contributed by atoms with Crippen LogP contribution in [0, 0.1) is 0 Å². The van der Waals surface area contributed by atoms with Gasteiger partial charge in [0, 0.05) is 12.3 Å². The van der Waals surface area contributed by atoms with Gasteiger partial charge in [-0.3, -0.25) is 0 Å². The van der Waals surface area contributed by atoms with Gasteiger partial charge in [0.1, 0.15) is 31.5 Å². The van der Waals surface area contributed by atoms with Crippen molar-refractivity contribution in [3.8, 4) is 11.1 Å². The molecule has 0 unspecified atom stereocenters. The summed E-state index contributed by atoms with van der Waals surface area (Å²) in [4.78, 5) is 27.9. The minimum atomic E-state index is -2.49. The fourth-order valence-electron chi connectivity index (χ4n) is 13.7. The molecule has 1 heterocycles. The molecule has 0 saturated heterocycles. The third-order valence-electron chi connectivity index (χ3n) is 16.7. The predicted molar refractivity (Wildman–Crippen MR) is 304 cm³/mol. The van der Waals surface area contributed by atoms with Crippen LogP contribution >= 0.6 is 0 Å².